The molecular formula is C19H19N3O3S. The molecule has 2 heterocycles. The van der Waals surface area contributed by atoms with Crippen LogP contribution in [-0.2, 0) is 31.2 Å². The Balaban J connectivity index is 1.81. The van der Waals surface area contributed by atoms with Crippen LogP contribution in [0.4, 0.5) is 5.69 Å². The third-order valence-corrected chi connectivity index (χ3v) is 6.06. The maximum atomic E-state index is 12.7. The van der Waals surface area contributed by atoms with Crippen molar-refractivity contribution in [3.63, 3.8) is 0 Å². The summed E-state index contributed by atoms with van der Waals surface area (Å²) in [6.45, 7) is -0.110. The topological polar surface area (TPSA) is 73.1 Å². The second-order valence-electron chi connectivity index (χ2n) is 6.54. The lowest BCUT2D eigenvalue weighted by atomic mass is 9.98. The van der Waals surface area contributed by atoms with Gasteiger partial charge in [0.1, 0.15) is 11.2 Å². The van der Waals surface area contributed by atoms with Crippen LogP contribution in [-0.4, -0.2) is 15.0 Å². The SMILES string of the molecule is Cn1c(=O)c2sc3c(c2n(CC(=O)Nc2ccccc2)c1=O)CCCC3. The fourth-order valence-corrected chi connectivity index (χ4v) is 4.88. The molecule has 134 valence electrons. The lowest BCUT2D eigenvalue weighted by Crippen LogP contribution is -2.40. The quantitative estimate of drug-likeness (QED) is 0.770. The average Bonchev–Trinajstić information content (AvgIpc) is 3.04. The molecule has 2 aromatic heterocycles. The van der Waals surface area contributed by atoms with Crippen LogP contribution >= 0.6 is 11.3 Å². The Labute approximate surface area is 153 Å². The third-order valence-electron chi connectivity index (χ3n) is 4.79. The Morgan fingerprint density at radius 3 is 2.65 bits per heavy atom. The minimum atomic E-state index is -0.447. The fourth-order valence-electron chi connectivity index (χ4n) is 3.51. The number of nitrogens with one attached hydrogen (secondary N) is 1. The van der Waals surface area contributed by atoms with Crippen LogP contribution in [0.25, 0.3) is 10.2 Å². The highest BCUT2D eigenvalue weighted by atomic mass is 32.1. The molecular weight excluding hydrogens is 350 g/mol. The van der Waals surface area contributed by atoms with Crippen LogP contribution in [0.5, 0.6) is 0 Å². The van der Waals surface area contributed by atoms with Gasteiger partial charge in [-0.25, -0.2) is 4.79 Å². The van der Waals surface area contributed by atoms with Gasteiger partial charge in [-0.2, -0.15) is 0 Å². The van der Waals surface area contributed by atoms with Crippen LogP contribution < -0.4 is 16.6 Å². The van der Waals surface area contributed by atoms with E-state index in [-0.39, 0.29) is 18.0 Å². The van der Waals surface area contributed by atoms with E-state index in [0.29, 0.717) is 15.9 Å². The summed E-state index contributed by atoms with van der Waals surface area (Å²) in [6.07, 6.45) is 3.92. The minimum Gasteiger partial charge on any atom is -0.325 e. The number of hydrogen-bond donors (Lipinski definition) is 1. The summed E-state index contributed by atoms with van der Waals surface area (Å²) in [4.78, 5) is 39.0. The number of nitrogens with zero attached hydrogens (tertiary/aromatic N) is 2. The van der Waals surface area contributed by atoms with E-state index in [9.17, 15) is 14.4 Å². The van der Waals surface area contributed by atoms with E-state index < -0.39 is 5.69 Å². The van der Waals surface area contributed by atoms with Crippen molar-refractivity contribution in [2.45, 2.75) is 32.2 Å². The monoisotopic (exact) mass is 369 g/mol. The largest absolute Gasteiger partial charge is 0.331 e. The van der Waals surface area contributed by atoms with Gasteiger partial charge in [0.25, 0.3) is 5.56 Å². The molecule has 1 N–H and O–H groups in total. The van der Waals surface area contributed by atoms with Gasteiger partial charge in [0.05, 0.1) is 5.52 Å². The molecule has 1 aliphatic rings. The molecule has 0 radical (unpaired) electrons. The smallest absolute Gasteiger partial charge is 0.325 e. The Morgan fingerprint density at radius 1 is 1.15 bits per heavy atom. The maximum Gasteiger partial charge on any atom is 0.331 e. The standard InChI is InChI=1S/C19H19N3O3S/c1-21-18(24)17-16(13-9-5-6-10-14(13)26-17)22(19(21)25)11-15(23)20-12-7-3-2-4-8-12/h2-4,7-8H,5-6,9-11H2,1H3,(H,20,23). The Hall–Kier alpha value is -2.67. The van der Waals surface area contributed by atoms with E-state index in [1.165, 1.54) is 27.8 Å². The van der Waals surface area contributed by atoms with Crippen molar-refractivity contribution >= 4 is 33.1 Å². The number of rotatable bonds is 3. The van der Waals surface area contributed by atoms with Crippen molar-refractivity contribution < 1.29 is 4.79 Å². The predicted molar refractivity (Wildman–Crippen MR) is 103 cm³/mol. The van der Waals surface area contributed by atoms with Gasteiger partial charge in [0.15, 0.2) is 0 Å². The summed E-state index contributed by atoms with van der Waals surface area (Å²) >= 11 is 1.47. The van der Waals surface area contributed by atoms with E-state index >= 15 is 0 Å². The summed E-state index contributed by atoms with van der Waals surface area (Å²) in [6, 6.07) is 9.13. The molecule has 1 amide bonds. The lowest BCUT2D eigenvalue weighted by molar-refractivity contribution is -0.116. The summed E-state index contributed by atoms with van der Waals surface area (Å²) in [5, 5.41) is 2.81. The average molecular weight is 369 g/mol. The molecule has 0 atom stereocenters. The van der Waals surface area contributed by atoms with E-state index in [2.05, 4.69) is 5.32 Å². The molecule has 0 unspecified atom stereocenters. The molecule has 4 rings (SSSR count). The van der Waals surface area contributed by atoms with E-state index in [4.69, 9.17) is 0 Å². The second-order valence-corrected chi connectivity index (χ2v) is 7.64. The van der Waals surface area contributed by atoms with Crippen LogP contribution in [0.3, 0.4) is 0 Å². The highest BCUT2D eigenvalue weighted by Gasteiger charge is 2.23. The number of carbonyl (C=O) groups excluding carboxylic acids is 1. The van der Waals surface area contributed by atoms with Gasteiger partial charge < -0.3 is 5.32 Å². The van der Waals surface area contributed by atoms with Crippen LogP contribution in [0.1, 0.15) is 23.3 Å². The van der Waals surface area contributed by atoms with Crippen molar-refractivity contribution in [2.75, 3.05) is 5.32 Å². The number of aromatic nitrogens is 2. The molecule has 0 aliphatic heterocycles. The minimum absolute atomic E-state index is 0.110. The first-order valence-electron chi connectivity index (χ1n) is 8.65. The fraction of sp³-hybridized carbons (Fsp3) is 0.316. The van der Waals surface area contributed by atoms with Crippen LogP contribution in [0, 0.1) is 0 Å². The molecule has 3 aromatic rings. The number of fused-ring (bicyclic) bond motifs is 3. The number of anilines is 1. The molecule has 0 saturated heterocycles. The van der Waals surface area contributed by atoms with Gasteiger partial charge in [0.2, 0.25) is 5.91 Å². The molecule has 0 saturated carbocycles. The summed E-state index contributed by atoms with van der Waals surface area (Å²) in [5.74, 6) is -0.283. The number of carbonyl (C=O) groups is 1. The Morgan fingerprint density at radius 2 is 1.88 bits per heavy atom. The first-order chi connectivity index (χ1) is 12.6. The zero-order valence-electron chi connectivity index (χ0n) is 14.4. The molecule has 1 aliphatic carbocycles. The van der Waals surface area contributed by atoms with Crippen molar-refractivity contribution in [3.8, 4) is 0 Å². The number of hydrogen-bond acceptors (Lipinski definition) is 4. The van der Waals surface area contributed by atoms with Crippen molar-refractivity contribution in [2.24, 2.45) is 7.05 Å². The number of benzene rings is 1. The van der Waals surface area contributed by atoms with Gasteiger partial charge >= 0.3 is 5.69 Å². The number of amides is 1. The van der Waals surface area contributed by atoms with E-state index in [1.54, 1.807) is 12.1 Å². The van der Waals surface area contributed by atoms with E-state index in [1.807, 2.05) is 18.2 Å². The zero-order valence-corrected chi connectivity index (χ0v) is 15.3. The van der Waals surface area contributed by atoms with Gasteiger partial charge in [0, 0.05) is 17.6 Å². The highest BCUT2D eigenvalue weighted by molar-refractivity contribution is 7.19. The van der Waals surface area contributed by atoms with Gasteiger partial charge in [-0.05, 0) is 43.4 Å². The number of para-hydroxylation sites is 1. The van der Waals surface area contributed by atoms with Gasteiger partial charge in [-0.15, -0.1) is 11.3 Å². The summed E-state index contributed by atoms with van der Waals surface area (Å²) < 4.78 is 3.13. The molecule has 1 aromatic carbocycles. The molecule has 0 fully saturated rings. The normalized spacial score (nSPS) is 13.6. The van der Waals surface area contributed by atoms with Gasteiger partial charge in [-0.3, -0.25) is 18.7 Å². The first-order valence-corrected chi connectivity index (χ1v) is 9.47. The second kappa shape index (κ2) is 6.57. The maximum absolute atomic E-state index is 12.7. The van der Waals surface area contributed by atoms with Crippen molar-refractivity contribution in [1.29, 1.82) is 0 Å². The van der Waals surface area contributed by atoms with Crippen molar-refractivity contribution in [1.82, 2.24) is 9.13 Å². The van der Waals surface area contributed by atoms with Crippen LogP contribution in [0.2, 0.25) is 0 Å². The number of thiophene rings is 1. The summed E-state index contributed by atoms with van der Waals surface area (Å²) in [7, 11) is 1.47. The molecule has 0 bridgehead atoms. The first kappa shape index (κ1) is 16.8. The number of aryl methyl sites for hydroxylation is 2. The van der Waals surface area contributed by atoms with E-state index in [0.717, 1.165) is 35.8 Å². The molecule has 7 heteroatoms. The Kier molecular flexibility index (Phi) is 4.24. The lowest BCUT2D eigenvalue weighted by Gasteiger charge is -2.14. The van der Waals surface area contributed by atoms with Gasteiger partial charge in [-0.1, -0.05) is 18.2 Å². The van der Waals surface area contributed by atoms with Crippen LogP contribution in [0.15, 0.2) is 39.9 Å². The summed E-state index contributed by atoms with van der Waals surface area (Å²) in [5.41, 5.74) is 1.68. The molecule has 26 heavy (non-hydrogen) atoms. The molecule has 6 nitrogen and oxygen atoms in total. The third kappa shape index (κ3) is 2.78. The molecule has 0 spiro atoms. The Bertz CT molecular complexity index is 1110. The van der Waals surface area contributed by atoms with Crippen molar-refractivity contribution in [3.05, 3.63) is 61.6 Å². The predicted octanol–water partition coefficient (Wildman–Crippen LogP) is 2.28. The highest BCUT2D eigenvalue weighted by Crippen LogP contribution is 2.34. The zero-order chi connectivity index (χ0) is 18.3.